The molecule has 2 bridgehead atoms. The van der Waals surface area contributed by atoms with E-state index in [0.717, 1.165) is 24.2 Å². The third kappa shape index (κ3) is 1.06. The molecule has 0 heterocycles. The molecule has 0 N–H and O–H groups in total. The van der Waals surface area contributed by atoms with Crippen molar-refractivity contribution in [1.29, 1.82) is 0 Å². The molecule has 76 valence electrons. The van der Waals surface area contributed by atoms with E-state index in [0.29, 0.717) is 5.92 Å². The first-order valence-electron chi connectivity index (χ1n) is 5.59. The van der Waals surface area contributed by atoms with Crippen molar-refractivity contribution in [3.8, 4) is 0 Å². The summed E-state index contributed by atoms with van der Waals surface area (Å²) in [7, 11) is 0. The lowest BCUT2D eigenvalue weighted by Gasteiger charge is -2.30. The molecule has 0 amide bonds. The molecule has 3 rings (SSSR count). The molecule has 3 aliphatic carbocycles. The molecule has 3 aliphatic rings. The Hall–Kier alpha value is -0.790. The van der Waals surface area contributed by atoms with Gasteiger partial charge in [-0.05, 0) is 42.9 Å². The van der Waals surface area contributed by atoms with Crippen LogP contribution in [0.1, 0.15) is 26.2 Å². The van der Waals surface area contributed by atoms with Gasteiger partial charge in [0.1, 0.15) is 6.10 Å². The molecular weight excluding hydrogens is 176 g/mol. The summed E-state index contributed by atoms with van der Waals surface area (Å²) >= 11 is 0. The second kappa shape index (κ2) is 2.85. The van der Waals surface area contributed by atoms with Crippen LogP contribution in [0.25, 0.3) is 0 Å². The van der Waals surface area contributed by atoms with Gasteiger partial charge in [0.25, 0.3) is 0 Å². The quantitative estimate of drug-likeness (QED) is 0.470. The highest BCUT2D eigenvalue weighted by molar-refractivity contribution is 5.66. The number of rotatable bonds is 1. The molecule has 0 unspecified atom stereocenters. The molecule has 2 heteroatoms. The summed E-state index contributed by atoms with van der Waals surface area (Å²) in [4.78, 5) is 10.9. The maximum absolute atomic E-state index is 10.9. The number of hydrogen-bond acceptors (Lipinski definition) is 2. The van der Waals surface area contributed by atoms with Crippen LogP contribution in [0.5, 0.6) is 0 Å². The van der Waals surface area contributed by atoms with Crippen molar-refractivity contribution < 1.29 is 9.53 Å². The van der Waals surface area contributed by atoms with Crippen molar-refractivity contribution in [2.75, 3.05) is 0 Å². The Morgan fingerprint density at radius 2 is 2.21 bits per heavy atom. The standard InChI is InChI=1S/C12H16O2/c1-7(13)14-12-6-8-5-11(12)10-4-2-3-9(8)10/h2-3,8-12H,4-6H2,1H3/t8-,9-,10+,11-,12-/m1/s1. The highest BCUT2D eigenvalue weighted by atomic mass is 16.5. The molecule has 2 saturated carbocycles. The molecule has 0 aromatic carbocycles. The van der Waals surface area contributed by atoms with Gasteiger partial charge in [0, 0.05) is 6.92 Å². The van der Waals surface area contributed by atoms with Crippen molar-refractivity contribution in [1.82, 2.24) is 0 Å². The van der Waals surface area contributed by atoms with Crippen molar-refractivity contribution >= 4 is 5.97 Å². The zero-order valence-corrected chi connectivity index (χ0v) is 8.48. The van der Waals surface area contributed by atoms with Gasteiger partial charge in [0.15, 0.2) is 0 Å². The average Bonchev–Trinajstić information content (AvgIpc) is 2.68. The topological polar surface area (TPSA) is 26.3 Å². The van der Waals surface area contributed by atoms with E-state index < -0.39 is 0 Å². The molecule has 2 fully saturated rings. The number of carbonyl (C=O) groups is 1. The number of ether oxygens (including phenoxy) is 1. The first-order chi connectivity index (χ1) is 6.75. The number of carbonyl (C=O) groups excluding carboxylic acids is 1. The van der Waals surface area contributed by atoms with Crippen molar-refractivity contribution in [2.45, 2.75) is 32.3 Å². The lowest BCUT2D eigenvalue weighted by molar-refractivity contribution is -0.150. The van der Waals surface area contributed by atoms with Crippen LogP contribution in [0, 0.1) is 23.7 Å². The number of esters is 1. The minimum atomic E-state index is -0.106. The van der Waals surface area contributed by atoms with Crippen molar-refractivity contribution in [3.63, 3.8) is 0 Å². The third-order valence-electron chi connectivity index (χ3n) is 4.26. The second-order valence-corrected chi connectivity index (χ2v) is 4.95. The molecule has 0 saturated heterocycles. The molecular formula is C12H16O2. The molecule has 0 radical (unpaired) electrons. The predicted octanol–water partition coefficient (Wildman–Crippen LogP) is 2.15. The summed E-state index contributed by atoms with van der Waals surface area (Å²) in [6, 6.07) is 0. The van der Waals surface area contributed by atoms with Gasteiger partial charge in [-0.3, -0.25) is 4.79 Å². The SMILES string of the molecule is CC(=O)O[C@@H]1C[C@H]2C[C@@H]1[C@H]1CC=C[C@H]21. The smallest absolute Gasteiger partial charge is 0.302 e. The molecule has 0 aromatic rings. The van der Waals surface area contributed by atoms with Gasteiger partial charge in [-0.1, -0.05) is 12.2 Å². The van der Waals surface area contributed by atoms with E-state index in [2.05, 4.69) is 12.2 Å². The number of fused-ring (bicyclic) bond motifs is 5. The maximum Gasteiger partial charge on any atom is 0.302 e. The summed E-state index contributed by atoms with van der Waals surface area (Å²) in [5.74, 6) is 2.95. The summed E-state index contributed by atoms with van der Waals surface area (Å²) in [6.45, 7) is 1.52. The van der Waals surface area contributed by atoms with Gasteiger partial charge in [0.05, 0.1) is 0 Å². The van der Waals surface area contributed by atoms with Gasteiger partial charge < -0.3 is 4.74 Å². The van der Waals surface area contributed by atoms with Gasteiger partial charge >= 0.3 is 5.97 Å². The highest BCUT2D eigenvalue weighted by Crippen LogP contribution is 2.57. The molecule has 0 aromatic heterocycles. The predicted molar refractivity (Wildman–Crippen MR) is 52.5 cm³/mol. The van der Waals surface area contributed by atoms with E-state index in [1.165, 1.54) is 19.8 Å². The fraction of sp³-hybridized carbons (Fsp3) is 0.750. The minimum absolute atomic E-state index is 0.106. The largest absolute Gasteiger partial charge is 0.462 e. The van der Waals surface area contributed by atoms with Crippen LogP contribution in [-0.4, -0.2) is 12.1 Å². The Balaban J connectivity index is 1.75. The van der Waals surface area contributed by atoms with E-state index in [1.807, 2.05) is 0 Å². The van der Waals surface area contributed by atoms with Crippen LogP contribution in [0.3, 0.4) is 0 Å². The zero-order valence-electron chi connectivity index (χ0n) is 8.48. The summed E-state index contributed by atoms with van der Waals surface area (Å²) in [5.41, 5.74) is 0. The Morgan fingerprint density at radius 3 is 3.00 bits per heavy atom. The first-order valence-corrected chi connectivity index (χ1v) is 5.59. The van der Waals surface area contributed by atoms with Crippen molar-refractivity contribution in [3.05, 3.63) is 12.2 Å². The molecule has 5 atom stereocenters. The molecule has 14 heavy (non-hydrogen) atoms. The Labute approximate surface area is 84.3 Å². The summed E-state index contributed by atoms with van der Waals surface area (Å²) in [5, 5.41) is 0. The summed E-state index contributed by atoms with van der Waals surface area (Å²) < 4.78 is 5.39. The van der Waals surface area contributed by atoms with Crippen LogP contribution in [-0.2, 0) is 9.53 Å². The van der Waals surface area contributed by atoms with Crippen LogP contribution >= 0.6 is 0 Å². The van der Waals surface area contributed by atoms with E-state index in [4.69, 9.17) is 4.74 Å². The normalized spacial score (nSPS) is 48.2. The van der Waals surface area contributed by atoms with Gasteiger partial charge in [-0.15, -0.1) is 0 Å². The van der Waals surface area contributed by atoms with Crippen LogP contribution < -0.4 is 0 Å². The first kappa shape index (κ1) is 8.51. The van der Waals surface area contributed by atoms with E-state index in [-0.39, 0.29) is 12.1 Å². The molecule has 0 aliphatic heterocycles. The minimum Gasteiger partial charge on any atom is -0.462 e. The van der Waals surface area contributed by atoms with E-state index >= 15 is 0 Å². The van der Waals surface area contributed by atoms with E-state index in [9.17, 15) is 4.79 Å². The zero-order chi connectivity index (χ0) is 9.71. The van der Waals surface area contributed by atoms with Gasteiger partial charge in [-0.25, -0.2) is 0 Å². The lowest BCUT2D eigenvalue weighted by atomic mass is 9.80. The molecule has 0 spiro atoms. The van der Waals surface area contributed by atoms with Crippen LogP contribution in [0.4, 0.5) is 0 Å². The average molecular weight is 192 g/mol. The number of allylic oxidation sites excluding steroid dienone is 2. The monoisotopic (exact) mass is 192 g/mol. The Bertz CT molecular complexity index is 295. The second-order valence-electron chi connectivity index (χ2n) is 4.95. The fourth-order valence-electron chi connectivity index (χ4n) is 3.84. The Morgan fingerprint density at radius 1 is 1.36 bits per heavy atom. The third-order valence-corrected chi connectivity index (χ3v) is 4.26. The van der Waals surface area contributed by atoms with Crippen LogP contribution in [0.2, 0.25) is 0 Å². The summed E-state index contributed by atoms with van der Waals surface area (Å²) in [6.07, 6.45) is 8.54. The Kier molecular flexibility index (Phi) is 1.73. The van der Waals surface area contributed by atoms with Crippen molar-refractivity contribution in [2.24, 2.45) is 23.7 Å². The highest BCUT2D eigenvalue weighted by Gasteiger charge is 2.53. The maximum atomic E-state index is 10.9. The van der Waals surface area contributed by atoms with Gasteiger partial charge in [0.2, 0.25) is 0 Å². The molecule has 2 nitrogen and oxygen atoms in total. The van der Waals surface area contributed by atoms with Crippen LogP contribution in [0.15, 0.2) is 12.2 Å². The number of hydrogen-bond donors (Lipinski definition) is 0. The van der Waals surface area contributed by atoms with Gasteiger partial charge in [-0.2, -0.15) is 0 Å². The van der Waals surface area contributed by atoms with E-state index in [1.54, 1.807) is 0 Å². The lowest BCUT2D eigenvalue weighted by Crippen LogP contribution is -2.31. The fourth-order valence-corrected chi connectivity index (χ4v) is 3.84.